The lowest BCUT2D eigenvalue weighted by atomic mass is 10.1. The second-order valence-electron chi connectivity index (χ2n) is 8.25. The van der Waals surface area contributed by atoms with E-state index in [-0.39, 0.29) is 11.9 Å². The van der Waals surface area contributed by atoms with Crippen LogP contribution in [0.3, 0.4) is 0 Å². The molecule has 4 aromatic rings. The number of aliphatic carboxylic acids is 1. The minimum Gasteiger partial charge on any atom is -0.481 e. The van der Waals surface area contributed by atoms with Gasteiger partial charge in [0.1, 0.15) is 11.5 Å². The number of hydrogen-bond acceptors (Lipinski definition) is 9. The Morgan fingerprint density at radius 3 is 2.74 bits per heavy atom. The topological polar surface area (TPSA) is 160 Å². The average Bonchev–Trinajstić information content (AvgIpc) is 3.54. The van der Waals surface area contributed by atoms with Crippen molar-refractivity contribution in [1.29, 1.82) is 5.26 Å². The Labute approximate surface area is 200 Å². The first-order valence-electron chi connectivity index (χ1n) is 11.0. The monoisotopic (exact) mass is 467 g/mol. The molecule has 1 aliphatic heterocycles. The largest absolute Gasteiger partial charge is 0.481 e. The number of nitrogen functional groups attached to an aromatic ring is 1. The highest BCUT2D eigenvalue weighted by Gasteiger charge is 2.28. The molecule has 0 spiro atoms. The van der Waals surface area contributed by atoms with Gasteiger partial charge in [-0.3, -0.25) is 4.79 Å². The molecule has 4 heterocycles. The normalized spacial score (nSPS) is 15.2. The van der Waals surface area contributed by atoms with E-state index in [1.807, 2.05) is 29.2 Å². The van der Waals surface area contributed by atoms with Crippen LogP contribution in [0, 0.1) is 17.2 Å². The number of anilines is 2. The smallest absolute Gasteiger partial charge is 0.308 e. The minimum absolute atomic E-state index is 0.0917. The highest BCUT2D eigenvalue weighted by molar-refractivity contribution is 5.72. The third-order valence-corrected chi connectivity index (χ3v) is 5.81. The van der Waals surface area contributed by atoms with Crippen LogP contribution in [0.1, 0.15) is 17.7 Å². The molecular weight excluding hydrogens is 446 g/mol. The van der Waals surface area contributed by atoms with E-state index < -0.39 is 5.97 Å². The Morgan fingerprint density at radius 2 is 1.94 bits per heavy atom. The molecule has 0 unspecified atom stereocenters. The predicted octanol–water partition coefficient (Wildman–Crippen LogP) is 2.21. The SMILES string of the molecule is N#Cc1cccc(-c2cc(-c3cn(Cc4cccc(N5CC[C@@H](C(=O)O)C5)n4)nn3)nc(N)n2)c1. The van der Waals surface area contributed by atoms with Crippen molar-refractivity contribution in [3.8, 4) is 28.7 Å². The predicted molar refractivity (Wildman–Crippen MR) is 127 cm³/mol. The van der Waals surface area contributed by atoms with Crippen LogP contribution < -0.4 is 10.6 Å². The first-order valence-corrected chi connectivity index (χ1v) is 11.0. The van der Waals surface area contributed by atoms with Crippen LogP contribution in [0.15, 0.2) is 54.7 Å². The quantitative estimate of drug-likeness (QED) is 0.430. The fourth-order valence-corrected chi connectivity index (χ4v) is 4.05. The van der Waals surface area contributed by atoms with Crippen molar-refractivity contribution in [1.82, 2.24) is 29.9 Å². The molecule has 0 saturated carbocycles. The van der Waals surface area contributed by atoms with Gasteiger partial charge < -0.3 is 15.7 Å². The van der Waals surface area contributed by atoms with Gasteiger partial charge in [0, 0.05) is 18.7 Å². The fraction of sp³-hybridized carbons (Fsp3) is 0.208. The lowest BCUT2D eigenvalue weighted by molar-refractivity contribution is -0.140. The van der Waals surface area contributed by atoms with E-state index in [0.29, 0.717) is 48.7 Å². The van der Waals surface area contributed by atoms with Gasteiger partial charge in [-0.15, -0.1) is 5.10 Å². The molecule has 1 fully saturated rings. The summed E-state index contributed by atoms with van der Waals surface area (Å²) in [6.45, 7) is 1.50. The maximum atomic E-state index is 11.3. The molecular formula is C24H21N9O2. The van der Waals surface area contributed by atoms with Crippen molar-refractivity contribution in [3.05, 3.63) is 66.0 Å². The van der Waals surface area contributed by atoms with Gasteiger partial charge in [0.05, 0.1) is 47.4 Å². The van der Waals surface area contributed by atoms with E-state index in [9.17, 15) is 15.2 Å². The van der Waals surface area contributed by atoms with E-state index in [2.05, 4.69) is 31.3 Å². The molecule has 3 N–H and O–H groups in total. The number of carboxylic acids is 1. The molecule has 0 radical (unpaired) electrons. The van der Waals surface area contributed by atoms with Gasteiger partial charge >= 0.3 is 5.97 Å². The Kier molecular flexibility index (Phi) is 5.76. The van der Waals surface area contributed by atoms with Gasteiger partial charge in [-0.1, -0.05) is 23.4 Å². The zero-order chi connectivity index (χ0) is 24.4. The van der Waals surface area contributed by atoms with Gasteiger partial charge in [0.2, 0.25) is 5.95 Å². The van der Waals surface area contributed by atoms with Crippen LogP contribution in [0.2, 0.25) is 0 Å². The second kappa shape index (κ2) is 9.18. The molecule has 0 bridgehead atoms. The molecule has 5 rings (SSSR count). The number of aromatic nitrogens is 6. The summed E-state index contributed by atoms with van der Waals surface area (Å²) < 4.78 is 1.65. The molecule has 35 heavy (non-hydrogen) atoms. The summed E-state index contributed by atoms with van der Waals surface area (Å²) in [5, 5.41) is 26.9. The maximum Gasteiger partial charge on any atom is 0.308 e. The van der Waals surface area contributed by atoms with E-state index >= 15 is 0 Å². The van der Waals surface area contributed by atoms with Crippen molar-refractivity contribution in [2.45, 2.75) is 13.0 Å². The Hall–Kier alpha value is -4.85. The third-order valence-electron chi connectivity index (χ3n) is 5.81. The number of benzene rings is 1. The summed E-state index contributed by atoms with van der Waals surface area (Å²) in [5.74, 6) is -0.301. The molecule has 0 aliphatic carbocycles. The summed E-state index contributed by atoms with van der Waals surface area (Å²) in [4.78, 5) is 26.5. The Bertz CT molecular complexity index is 1440. The van der Waals surface area contributed by atoms with E-state index in [0.717, 1.165) is 17.1 Å². The lowest BCUT2D eigenvalue weighted by Gasteiger charge is -2.17. The molecule has 0 amide bonds. The third kappa shape index (κ3) is 4.77. The van der Waals surface area contributed by atoms with Crippen molar-refractivity contribution in [2.24, 2.45) is 5.92 Å². The maximum absolute atomic E-state index is 11.3. The highest BCUT2D eigenvalue weighted by atomic mass is 16.4. The molecule has 11 nitrogen and oxygen atoms in total. The molecule has 11 heteroatoms. The summed E-state index contributed by atoms with van der Waals surface area (Å²) >= 11 is 0. The van der Waals surface area contributed by atoms with Crippen molar-refractivity contribution < 1.29 is 9.90 Å². The number of carbonyl (C=O) groups is 1. The number of carboxylic acid groups (broad SMARTS) is 1. The summed E-state index contributed by atoms with van der Waals surface area (Å²) in [6.07, 6.45) is 2.36. The van der Waals surface area contributed by atoms with Crippen LogP contribution in [-0.4, -0.2) is 54.1 Å². The van der Waals surface area contributed by atoms with E-state index in [1.54, 1.807) is 35.1 Å². The minimum atomic E-state index is -0.773. The summed E-state index contributed by atoms with van der Waals surface area (Å²) in [6, 6.07) is 16.6. The van der Waals surface area contributed by atoms with Crippen LogP contribution in [0.5, 0.6) is 0 Å². The molecule has 1 aliphatic rings. The number of nitrogens with zero attached hydrogens (tertiary/aromatic N) is 8. The molecule has 174 valence electrons. The Balaban J connectivity index is 1.35. The van der Waals surface area contributed by atoms with Gasteiger partial charge in [0.25, 0.3) is 0 Å². The van der Waals surface area contributed by atoms with Crippen molar-refractivity contribution in [2.75, 3.05) is 23.7 Å². The van der Waals surface area contributed by atoms with Crippen molar-refractivity contribution >= 4 is 17.7 Å². The number of nitrogens with two attached hydrogens (primary N) is 1. The summed E-state index contributed by atoms with van der Waals surface area (Å²) in [5.41, 5.74) is 9.61. The standard InChI is InChI=1S/C24H21N9O2/c25-11-15-3-1-4-16(9-15)19-10-20(29-24(26)28-19)21-14-33(31-30-21)13-18-5-2-6-22(27-18)32-8-7-17(12-32)23(34)35/h1-6,9-10,14,17H,7-8,12-13H2,(H,34,35)(H2,26,28,29)/t17-/m1/s1. The molecule has 1 aromatic carbocycles. The van der Waals surface area contributed by atoms with E-state index in [1.165, 1.54) is 0 Å². The average molecular weight is 467 g/mol. The number of pyridine rings is 1. The summed E-state index contributed by atoms with van der Waals surface area (Å²) in [7, 11) is 0. The Morgan fingerprint density at radius 1 is 1.11 bits per heavy atom. The van der Waals surface area contributed by atoms with Gasteiger partial charge in [0.15, 0.2) is 0 Å². The zero-order valence-electron chi connectivity index (χ0n) is 18.6. The van der Waals surface area contributed by atoms with E-state index in [4.69, 9.17) is 5.73 Å². The number of hydrogen-bond donors (Lipinski definition) is 2. The zero-order valence-corrected chi connectivity index (χ0v) is 18.6. The first-order chi connectivity index (χ1) is 17.0. The van der Waals surface area contributed by atoms with Gasteiger partial charge in [-0.25, -0.2) is 19.6 Å². The van der Waals surface area contributed by atoms with Crippen LogP contribution in [-0.2, 0) is 11.3 Å². The fourth-order valence-electron chi connectivity index (χ4n) is 4.05. The second-order valence-corrected chi connectivity index (χ2v) is 8.25. The molecule has 1 atom stereocenters. The molecule has 1 saturated heterocycles. The van der Waals surface area contributed by atoms with Crippen molar-refractivity contribution in [3.63, 3.8) is 0 Å². The highest BCUT2D eigenvalue weighted by Crippen LogP contribution is 2.25. The van der Waals surface area contributed by atoms with Crippen LogP contribution in [0.25, 0.3) is 22.6 Å². The lowest BCUT2D eigenvalue weighted by Crippen LogP contribution is -2.23. The first kappa shape index (κ1) is 22.0. The van der Waals surface area contributed by atoms with Gasteiger partial charge in [-0.05, 0) is 36.8 Å². The number of rotatable bonds is 6. The van der Waals surface area contributed by atoms with Crippen LogP contribution in [0.4, 0.5) is 11.8 Å². The number of nitriles is 1. The molecule has 3 aromatic heterocycles. The van der Waals surface area contributed by atoms with Crippen LogP contribution >= 0.6 is 0 Å². The van der Waals surface area contributed by atoms with Gasteiger partial charge in [-0.2, -0.15) is 5.26 Å².